The average molecular weight is 235 g/mol. The van der Waals surface area contributed by atoms with Crippen LogP contribution < -0.4 is 0 Å². The third-order valence-corrected chi connectivity index (χ3v) is 2.89. The van der Waals surface area contributed by atoms with Gasteiger partial charge < -0.3 is 9.84 Å². The van der Waals surface area contributed by atoms with E-state index in [1.807, 2.05) is 35.2 Å². The Balaban J connectivity index is 1.65. The van der Waals surface area contributed by atoms with Crippen molar-refractivity contribution in [2.45, 2.75) is 6.61 Å². The molecule has 1 aromatic carbocycles. The second kappa shape index (κ2) is 5.80. The minimum absolute atomic E-state index is 0.203. The lowest BCUT2D eigenvalue weighted by molar-refractivity contribution is -0.148. The van der Waals surface area contributed by atoms with E-state index in [9.17, 15) is 4.79 Å². The van der Waals surface area contributed by atoms with Crippen molar-refractivity contribution in [1.82, 2.24) is 4.90 Å². The lowest BCUT2D eigenvalue weighted by atomic mass is 10.0. The lowest BCUT2D eigenvalue weighted by Crippen LogP contribution is -2.50. The Morgan fingerprint density at radius 2 is 2.06 bits per heavy atom. The molecule has 1 aliphatic rings. The Kier molecular flexibility index (Phi) is 4.12. The molecule has 92 valence electrons. The molecule has 17 heavy (non-hydrogen) atoms. The van der Waals surface area contributed by atoms with E-state index in [-0.39, 0.29) is 12.6 Å². The molecule has 0 aromatic heterocycles. The van der Waals surface area contributed by atoms with Crippen LogP contribution >= 0.6 is 0 Å². The number of nitrogens with zero attached hydrogens (tertiary/aromatic N) is 1. The van der Waals surface area contributed by atoms with Crippen LogP contribution in [-0.4, -0.2) is 42.2 Å². The molecule has 0 amide bonds. The smallest absolute Gasteiger partial charge is 0.320 e. The summed E-state index contributed by atoms with van der Waals surface area (Å²) in [5.74, 6) is 0.127. The lowest BCUT2D eigenvalue weighted by Gasteiger charge is -2.37. The van der Waals surface area contributed by atoms with Crippen LogP contribution in [0.1, 0.15) is 5.56 Å². The summed E-state index contributed by atoms with van der Waals surface area (Å²) < 4.78 is 5.16. The molecular formula is C13H17NO3. The van der Waals surface area contributed by atoms with Crippen molar-refractivity contribution in [2.24, 2.45) is 5.92 Å². The molecule has 0 radical (unpaired) electrons. The normalized spacial score (nSPS) is 16.5. The Hall–Kier alpha value is -1.39. The first-order valence-electron chi connectivity index (χ1n) is 5.80. The van der Waals surface area contributed by atoms with Crippen LogP contribution in [0.5, 0.6) is 0 Å². The predicted molar refractivity (Wildman–Crippen MR) is 63.3 cm³/mol. The number of benzene rings is 1. The second-order valence-corrected chi connectivity index (χ2v) is 4.39. The highest BCUT2D eigenvalue weighted by Gasteiger charge is 2.27. The molecule has 1 N–H and O–H groups in total. The maximum atomic E-state index is 11.5. The number of hydrogen-bond acceptors (Lipinski definition) is 4. The first-order valence-corrected chi connectivity index (χ1v) is 5.80. The van der Waals surface area contributed by atoms with Crippen molar-refractivity contribution in [3.63, 3.8) is 0 Å². The number of carbonyl (C=O) groups excluding carboxylic acids is 1. The van der Waals surface area contributed by atoms with Crippen molar-refractivity contribution < 1.29 is 14.6 Å². The summed E-state index contributed by atoms with van der Waals surface area (Å²) >= 11 is 0. The third kappa shape index (κ3) is 3.54. The van der Waals surface area contributed by atoms with Crippen molar-refractivity contribution in [2.75, 3.05) is 26.2 Å². The van der Waals surface area contributed by atoms with Gasteiger partial charge in [-0.2, -0.15) is 0 Å². The van der Waals surface area contributed by atoms with Crippen molar-refractivity contribution in [1.29, 1.82) is 0 Å². The molecule has 1 aromatic rings. The van der Waals surface area contributed by atoms with Gasteiger partial charge in [0.2, 0.25) is 0 Å². The molecule has 0 saturated carbocycles. The van der Waals surface area contributed by atoms with Gasteiger partial charge in [0, 0.05) is 25.6 Å². The maximum absolute atomic E-state index is 11.5. The van der Waals surface area contributed by atoms with E-state index in [1.54, 1.807) is 0 Å². The molecule has 1 saturated heterocycles. The summed E-state index contributed by atoms with van der Waals surface area (Å²) in [6.07, 6.45) is 0. The molecule has 1 aliphatic heterocycles. The van der Waals surface area contributed by atoms with Gasteiger partial charge in [-0.15, -0.1) is 0 Å². The van der Waals surface area contributed by atoms with Gasteiger partial charge in [-0.1, -0.05) is 30.3 Å². The number of likely N-dealkylation sites (tertiary alicyclic amines) is 1. The van der Waals surface area contributed by atoms with E-state index in [1.165, 1.54) is 0 Å². The molecule has 0 bridgehead atoms. The molecule has 1 fully saturated rings. The molecule has 0 spiro atoms. The van der Waals surface area contributed by atoms with E-state index in [0.717, 1.165) is 18.7 Å². The van der Waals surface area contributed by atoms with E-state index >= 15 is 0 Å². The fraction of sp³-hybridized carbons (Fsp3) is 0.462. The summed E-state index contributed by atoms with van der Waals surface area (Å²) in [6, 6.07) is 9.63. The number of ether oxygens (including phenoxy) is 1. The number of hydrogen-bond donors (Lipinski definition) is 1. The first kappa shape index (κ1) is 12.1. The summed E-state index contributed by atoms with van der Waals surface area (Å²) in [6.45, 7) is 2.43. The Bertz CT molecular complexity index is 360. The number of aliphatic hydroxyl groups excluding tert-OH is 1. The van der Waals surface area contributed by atoms with Crippen LogP contribution in [0.4, 0.5) is 0 Å². The van der Waals surface area contributed by atoms with Crippen LogP contribution in [0.25, 0.3) is 0 Å². The fourth-order valence-electron chi connectivity index (χ4n) is 1.89. The van der Waals surface area contributed by atoms with Crippen molar-refractivity contribution in [3.05, 3.63) is 35.9 Å². The van der Waals surface area contributed by atoms with Crippen LogP contribution in [0.15, 0.2) is 30.3 Å². The van der Waals surface area contributed by atoms with Crippen LogP contribution in [-0.2, 0) is 16.1 Å². The number of esters is 1. The van der Waals surface area contributed by atoms with Crippen LogP contribution in [0.3, 0.4) is 0 Å². The molecule has 4 heteroatoms. The standard InChI is InChI=1S/C13H17NO3/c15-9-12-6-14(7-12)8-13(16)17-10-11-4-2-1-3-5-11/h1-5,12,15H,6-10H2. The maximum Gasteiger partial charge on any atom is 0.320 e. The highest BCUT2D eigenvalue weighted by Crippen LogP contribution is 2.13. The van der Waals surface area contributed by atoms with Gasteiger partial charge in [-0.25, -0.2) is 0 Å². The first-order chi connectivity index (χ1) is 8.28. The van der Waals surface area contributed by atoms with Gasteiger partial charge >= 0.3 is 5.97 Å². The average Bonchev–Trinajstić information content (AvgIpc) is 2.32. The topological polar surface area (TPSA) is 49.8 Å². The zero-order chi connectivity index (χ0) is 12.1. The number of aliphatic hydroxyl groups is 1. The van der Waals surface area contributed by atoms with E-state index < -0.39 is 0 Å². The van der Waals surface area contributed by atoms with Gasteiger partial charge in [0.1, 0.15) is 6.61 Å². The van der Waals surface area contributed by atoms with Crippen molar-refractivity contribution >= 4 is 5.97 Å². The van der Waals surface area contributed by atoms with Gasteiger partial charge in [-0.3, -0.25) is 9.69 Å². The summed E-state index contributed by atoms with van der Waals surface area (Å²) in [7, 11) is 0. The molecule has 0 aliphatic carbocycles. The highest BCUT2D eigenvalue weighted by atomic mass is 16.5. The summed E-state index contributed by atoms with van der Waals surface area (Å²) in [4.78, 5) is 13.5. The van der Waals surface area contributed by atoms with Gasteiger partial charge in [-0.05, 0) is 5.56 Å². The minimum Gasteiger partial charge on any atom is -0.460 e. The monoisotopic (exact) mass is 235 g/mol. The van der Waals surface area contributed by atoms with Gasteiger partial charge in [0.05, 0.1) is 6.54 Å². The zero-order valence-electron chi connectivity index (χ0n) is 9.71. The number of carbonyl (C=O) groups is 1. The third-order valence-electron chi connectivity index (χ3n) is 2.89. The van der Waals surface area contributed by atoms with Crippen LogP contribution in [0.2, 0.25) is 0 Å². The molecule has 0 atom stereocenters. The SMILES string of the molecule is O=C(CN1CC(CO)C1)OCc1ccccc1. The van der Waals surface area contributed by atoms with E-state index in [2.05, 4.69) is 0 Å². The van der Waals surface area contributed by atoms with Crippen LogP contribution in [0, 0.1) is 5.92 Å². The highest BCUT2D eigenvalue weighted by molar-refractivity contribution is 5.71. The minimum atomic E-state index is -0.203. The van der Waals surface area contributed by atoms with Gasteiger partial charge in [0.15, 0.2) is 0 Å². The Morgan fingerprint density at radius 1 is 1.35 bits per heavy atom. The van der Waals surface area contributed by atoms with E-state index in [0.29, 0.717) is 19.1 Å². The second-order valence-electron chi connectivity index (χ2n) is 4.39. The van der Waals surface area contributed by atoms with E-state index in [4.69, 9.17) is 9.84 Å². The fourth-order valence-corrected chi connectivity index (χ4v) is 1.89. The molecule has 0 unspecified atom stereocenters. The molecule has 4 nitrogen and oxygen atoms in total. The quantitative estimate of drug-likeness (QED) is 0.761. The van der Waals surface area contributed by atoms with Gasteiger partial charge in [0.25, 0.3) is 0 Å². The Labute approximate surface area is 101 Å². The predicted octanol–water partition coefficient (Wildman–Crippen LogP) is 0.654. The molecule has 1 heterocycles. The molecular weight excluding hydrogens is 218 g/mol. The largest absolute Gasteiger partial charge is 0.460 e. The summed E-state index contributed by atoms with van der Waals surface area (Å²) in [5.41, 5.74) is 0.998. The summed E-state index contributed by atoms with van der Waals surface area (Å²) in [5, 5.41) is 8.85. The zero-order valence-corrected chi connectivity index (χ0v) is 9.71. The number of rotatable bonds is 5. The molecule has 2 rings (SSSR count). The Morgan fingerprint density at radius 3 is 2.71 bits per heavy atom. The van der Waals surface area contributed by atoms with Crippen molar-refractivity contribution in [3.8, 4) is 0 Å².